The van der Waals surface area contributed by atoms with Crippen LogP contribution in [0.2, 0.25) is 0 Å². The molecule has 0 spiro atoms. The van der Waals surface area contributed by atoms with Gasteiger partial charge in [0.05, 0.1) is 6.10 Å². The third-order valence-electron chi connectivity index (χ3n) is 2.86. The minimum atomic E-state index is -0.454. The smallest absolute Gasteiger partial charge is 0.125 e. The molecule has 0 heterocycles. The van der Waals surface area contributed by atoms with Crippen molar-refractivity contribution in [1.29, 1.82) is 0 Å². The first-order chi connectivity index (χ1) is 6.93. The molecule has 2 atom stereocenters. The molecule has 0 aliphatic rings. The fraction of sp³-hybridized carbons (Fsp3) is 0.538. The summed E-state index contributed by atoms with van der Waals surface area (Å²) < 4.78 is 5.77. The molecule has 1 N–H and O–H groups in total. The van der Waals surface area contributed by atoms with E-state index >= 15 is 0 Å². The molecule has 1 rings (SSSR count). The summed E-state index contributed by atoms with van der Waals surface area (Å²) in [5.41, 5.74) is 3.49. The highest BCUT2D eigenvalue weighted by molar-refractivity contribution is 5.44. The van der Waals surface area contributed by atoms with Gasteiger partial charge in [-0.15, -0.1) is 0 Å². The lowest BCUT2D eigenvalue weighted by Gasteiger charge is -2.21. The zero-order valence-electron chi connectivity index (χ0n) is 10.2. The number of ether oxygens (including phenoxy) is 1. The Morgan fingerprint density at radius 1 is 1.07 bits per heavy atom. The maximum Gasteiger partial charge on any atom is 0.125 e. The minimum Gasteiger partial charge on any atom is -0.487 e. The van der Waals surface area contributed by atoms with Gasteiger partial charge in [-0.2, -0.15) is 0 Å². The summed E-state index contributed by atoms with van der Waals surface area (Å²) in [4.78, 5) is 0. The van der Waals surface area contributed by atoms with Crippen molar-refractivity contribution in [2.45, 2.75) is 46.8 Å². The molecule has 0 saturated carbocycles. The molecule has 2 unspecified atom stereocenters. The van der Waals surface area contributed by atoms with Crippen molar-refractivity contribution < 1.29 is 9.84 Å². The predicted octanol–water partition coefficient (Wildman–Crippen LogP) is 2.76. The summed E-state index contributed by atoms with van der Waals surface area (Å²) >= 11 is 0. The molecule has 0 aliphatic heterocycles. The monoisotopic (exact) mass is 208 g/mol. The molecule has 1 aromatic rings. The number of aryl methyl sites for hydroxylation is 2. The van der Waals surface area contributed by atoms with Crippen molar-refractivity contribution in [2.75, 3.05) is 0 Å². The van der Waals surface area contributed by atoms with Crippen LogP contribution in [-0.4, -0.2) is 17.3 Å². The van der Waals surface area contributed by atoms with Gasteiger partial charge in [0.2, 0.25) is 0 Å². The molecule has 0 radical (unpaired) electrons. The molecular formula is C13H20O2. The van der Waals surface area contributed by atoms with Crippen LogP contribution in [0, 0.1) is 20.8 Å². The quantitative estimate of drug-likeness (QED) is 0.827. The Morgan fingerprint density at radius 2 is 1.60 bits per heavy atom. The molecule has 0 aromatic heterocycles. The first kappa shape index (κ1) is 12.1. The highest BCUT2D eigenvalue weighted by Gasteiger charge is 2.14. The number of aliphatic hydroxyl groups excluding tert-OH is 1. The van der Waals surface area contributed by atoms with Crippen LogP contribution in [-0.2, 0) is 0 Å². The Labute approximate surface area is 91.9 Å². The lowest BCUT2D eigenvalue weighted by molar-refractivity contribution is 0.0595. The number of hydrogen-bond donors (Lipinski definition) is 1. The zero-order valence-corrected chi connectivity index (χ0v) is 10.2. The zero-order chi connectivity index (χ0) is 11.6. The van der Waals surface area contributed by atoms with Crippen LogP contribution < -0.4 is 4.74 Å². The lowest BCUT2D eigenvalue weighted by atomic mass is 10.1. The average molecular weight is 208 g/mol. The first-order valence-corrected chi connectivity index (χ1v) is 5.35. The highest BCUT2D eigenvalue weighted by atomic mass is 16.5. The number of hydrogen-bond acceptors (Lipinski definition) is 2. The fourth-order valence-electron chi connectivity index (χ4n) is 1.39. The van der Waals surface area contributed by atoms with E-state index in [9.17, 15) is 5.11 Å². The van der Waals surface area contributed by atoms with Gasteiger partial charge in [0.25, 0.3) is 0 Å². The largest absolute Gasteiger partial charge is 0.487 e. The second-order valence-electron chi connectivity index (χ2n) is 4.22. The van der Waals surface area contributed by atoms with E-state index in [4.69, 9.17) is 4.74 Å². The number of aliphatic hydroxyl groups is 1. The third kappa shape index (κ3) is 2.72. The van der Waals surface area contributed by atoms with Crippen molar-refractivity contribution in [1.82, 2.24) is 0 Å². The Bertz CT molecular complexity index is 343. The van der Waals surface area contributed by atoms with Crippen molar-refractivity contribution in [2.24, 2.45) is 0 Å². The van der Waals surface area contributed by atoms with Gasteiger partial charge in [-0.05, 0) is 51.3 Å². The van der Waals surface area contributed by atoms with Crippen LogP contribution in [0.25, 0.3) is 0 Å². The third-order valence-corrected chi connectivity index (χ3v) is 2.86. The Balaban J connectivity index is 2.98. The SMILES string of the molecule is Cc1ccc(C)c(OC(C)C(C)O)c1C. The van der Waals surface area contributed by atoms with Crippen LogP contribution in [0.5, 0.6) is 5.75 Å². The van der Waals surface area contributed by atoms with E-state index in [1.54, 1.807) is 6.92 Å². The number of benzene rings is 1. The normalized spacial score (nSPS) is 14.8. The van der Waals surface area contributed by atoms with Crippen LogP contribution in [0.1, 0.15) is 30.5 Å². The maximum absolute atomic E-state index is 9.41. The van der Waals surface area contributed by atoms with Crippen molar-refractivity contribution >= 4 is 0 Å². The second kappa shape index (κ2) is 4.67. The second-order valence-corrected chi connectivity index (χ2v) is 4.22. The molecular weight excluding hydrogens is 188 g/mol. The summed E-state index contributed by atoms with van der Waals surface area (Å²) in [5.74, 6) is 0.906. The van der Waals surface area contributed by atoms with Gasteiger partial charge in [-0.25, -0.2) is 0 Å². The van der Waals surface area contributed by atoms with E-state index in [-0.39, 0.29) is 6.10 Å². The maximum atomic E-state index is 9.41. The van der Waals surface area contributed by atoms with Gasteiger partial charge >= 0.3 is 0 Å². The Morgan fingerprint density at radius 3 is 2.13 bits per heavy atom. The molecule has 2 nitrogen and oxygen atoms in total. The van der Waals surface area contributed by atoms with Crippen molar-refractivity contribution in [3.8, 4) is 5.75 Å². The topological polar surface area (TPSA) is 29.5 Å². The van der Waals surface area contributed by atoms with Crippen LogP contribution in [0.3, 0.4) is 0 Å². The molecule has 15 heavy (non-hydrogen) atoms. The average Bonchev–Trinajstić information content (AvgIpc) is 2.18. The number of rotatable bonds is 3. The molecule has 84 valence electrons. The molecule has 2 heteroatoms. The molecule has 0 amide bonds. The highest BCUT2D eigenvalue weighted by Crippen LogP contribution is 2.27. The van der Waals surface area contributed by atoms with E-state index in [0.29, 0.717) is 0 Å². The van der Waals surface area contributed by atoms with E-state index in [0.717, 1.165) is 16.9 Å². The van der Waals surface area contributed by atoms with Crippen molar-refractivity contribution in [3.63, 3.8) is 0 Å². The van der Waals surface area contributed by atoms with Gasteiger partial charge in [-0.1, -0.05) is 12.1 Å². The summed E-state index contributed by atoms with van der Waals surface area (Å²) in [6, 6.07) is 4.14. The molecule has 1 aromatic carbocycles. The van der Waals surface area contributed by atoms with E-state index in [1.807, 2.05) is 26.8 Å². The molecule has 0 fully saturated rings. The van der Waals surface area contributed by atoms with Gasteiger partial charge in [0.1, 0.15) is 11.9 Å². The van der Waals surface area contributed by atoms with Gasteiger partial charge in [0.15, 0.2) is 0 Å². The summed E-state index contributed by atoms with van der Waals surface area (Å²) in [5, 5.41) is 9.41. The van der Waals surface area contributed by atoms with E-state index < -0.39 is 6.10 Å². The Hall–Kier alpha value is -1.02. The van der Waals surface area contributed by atoms with Crippen molar-refractivity contribution in [3.05, 3.63) is 28.8 Å². The molecule has 0 aliphatic carbocycles. The van der Waals surface area contributed by atoms with E-state index in [1.165, 1.54) is 5.56 Å². The summed E-state index contributed by atoms with van der Waals surface area (Å²) in [6.45, 7) is 9.76. The first-order valence-electron chi connectivity index (χ1n) is 5.35. The summed E-state index contributed by atoms with van der Waals surface area (Å²) in [7, 11) is 0. The van der Waals surface area contributed by atoms with Gasteiger partial charge in [0, 0.05) is 0 Å². The van der Waals surface area contributed by atoms with Crippen LogP contribution >= 0.6 is 0 Å². The summed E-state index contributed by atoms with van der Waals surface area (Å²) in [6.07, 6.45) is -0.631. The standard InChI is InChI=1S/C13H20O2/c1-8-6-7-9(2)13(10(8)3)15-12(5)11(4)14/h6-7,11-12,14H,1-5H3. The van der Waals surface area contributed by atoms with Crippen LogP contribution in [0.4, 0.5) is 0 Å². The molecule has 0 saturated heterocycles. The lowest BCUT2D eigenvalue weighted by Crippen LogP contribution is -2.26. The fourth-order valence-corrected chi connectivity index (χ4v) is 1.39. The predicted molar refractivity (Wildman–Crippen MR) is 62.4 cm³/mol. The Kier molecular flexibility index (Phi) is 3.75. The van der Waals surface area contributed by atoms with E-state index in [2.05, 4.69) is 13.0 Å². The van der Waals surface area contributed by atoms with Gasteiger partial charge < -0.3 is 9.84 Å². The van der Waals surface area contributed by atoms with Gasteiger partial charge in [-0.3, -0.25) is 0 Å². The van der Waals surface area contributed by atoms with Crippen LogP contribution in [0.15, 0.2) is 12.1 Å². The molecule has 0 bridgehead atoms. The minimum absolute atomic E-state index is 0.177.